The Labute approximate surface area is 432 Å². The van der Waals surface area contributed by atoms with Gasteiger partial charge >= 0.3 is 0 Å². The fourth-order valence-corrected chi connectivity index (χ4v) is 11.6. The van der Waals surface area contributed by atoms with Crippen molar-refractivity contribution in [3.05, 3.63) is 267 Å². The first-order valence-electron chi connectivity index (χ1n) is 25.4. The van der Waals surface area contributed by atoms with E-state index in [-0.39, 0.29) is 0 Å². The highest BCUT2D eigenvalue weighted by Crippen LogP contribution is 2.44. The molecule has 11 aromatic carbocycles. The quantitative estimate of drug-likeness (QED) is 0.152. The molecule has 0 aliphatic rings. The van der Waals surface area contributed by atoms with Crippen molar-refractivity contribution in [1.82, 2.24) is 28.7 Å². The van der Waals surface area contributed by atoms with Gasteiger partial charge in [-0.1, -0.05) is 182 Å². The minimum absolute atomic E-state index is 0.624. The molecule has 0 radical (unpaired) electrons. The van der Waals surface area contributed by atoms with Crippen molar-refractivity contribution in [2.75, 3.05) is 0 Å². The van der Waals surface area contributed by atoms with Crippen LogP contribution < -0.4 is 0 Å². The molecule has 0 aliphatic carbocycles. The van der Waals surface area contributed by atoms with Crippen LogP contribution in [0.2, 0.25) is 0 Å². The molecule has 0 aliphatic heterocycles. The molecule has 0 bridgehead atoms. The van der Waals surface area contributed by atoms with Gasteiger partial charge in [-0.15, -0.1) is 0 Å². The number of fused-ring (bicyclic) bond motifs is 9. The Kier molecular flexibility index (Phi) is 9.78. The van der Waals surface area contributed by atoms with Crippen molar-refractivity contribution < 1.29 is 0 Å². The molecule has 15 rings (SSSR count). The molecule has 15 aromatic rings. The third-order valence-corrected chi connectivity index (χ3v) is 14.9. The number of benzene rings is 11. The van der Waals surface area contributed by atoms with Crippen LogP contribution in [-0.4, -0.2) is 28.7 Å². The van der Waals surface area contributed by atoms with Crippen molar-refractivity contribution in [3.8, 4) is 73.5 Å². The van der Waals surface area contributed by atoms with E-state index in [2.05, 4.69) is 244 Å². The predicted octanol–water partition coefficient (Wildman–Crippen LogP) is 17.5. The molecule has 0 fully saturated rings. The molecule has 0 amide bonds. The SMILES string of the molecule is c1ccc(-c2nc(-c3ccccc3)nc(-c3cccc4c3c3cc(-c5ccc6c(c5)c5ccc(-c7cccc8c7c7ccccc7n8-c7ccccc7)cc5n6-c5ccccc5)ccc3n4-c3ccccc3)n2)cc1. The van der Waals surface area contributed by atoms with Crippen molar-refractivity contribution in [1.29, 1.82) is 0 Å². The van der Waals surface area contributed by atoms with E-state index in [1.54, 1.807) is 0 Å². The van der Waals surface area contributed by atoms with Crippen molar-refractivity contribution >= 4 is 65.4 Å². The van der Waals surface area contributed by atoms with Crippen molar-refractivity contribution in [2.45, 2.75) is 0 Å². The van der Waals surface area contributed by atoms with Crippen LogP contribution >= 0.6 is 0 Å². The van der Waals surface area contributed by atoms with E-state index in [4.69, 9.17) is 15.0 Å². The Balaban J connectivity index is 0.933. The Morgan fingerprint density at radius 1 is 0.213 bits per heavy atom. The number of nitrogens with zero attached hydrogens (tertiary/aromatic N) is 6. The summed E-state index contributed by atoms with van der Waals surface area (Å²) in [6.07, 6.45) is 0. The fourth-order valence-electron chi connectivity index (χ4n) is 11.6. The third kappa shape index (κ3) is 6.92. The molecule has 0 saturated carbocycles. The largest absolute Gasteiger partial charge is 0.309 e. The predicted molar refractivity (Wildman–Crippen MR) is 310 cm³/mol. The highest BCUT2D eigenvalue weighted by molar-refractivity contribution is 6.19. The van der Waals surface area contributed by atoms with Gasteiger partial charge in [-0.05, 0) is 107 Å². The lowest BCUT2D eigenvalue weighted by molar-refractivity contribution is 1.08. The summed E-state index contributed by atoms with van der Waals surface area (Å²) in [4.78, 5) is 15.5. The van der Waals surface area contributed by atoms with Crippen molar-refractivity contribution in [2.24, 2.45) is 0 Å². The normalized spacial score (nSPS) is 11.7. The fraction of sp³-hybridized carbons (Fsp3) is 0. The van der Waals surface area contributed by atoms with Crippen LogP contribution in [0.5, 0.6) is 0 Å². The molecule has 350 valence electrons. The van der Waals surface area contributed by atoms with Crippen LogP contribution in [0.15, 0.2) is 267 Å². The summed E-state index contributed by atoms with van der Waals surface area (Å²) in [5.41, 5.74) is 17.7. The minimum atomic E-state index is 0.624. The molecular weight excluding hydrogens is 913 g/mol. The van der Waals surface area contributed by atoms with Gasteiger partial charge in [0.15, 0.2) is 17.5 Å². The van der Waals surface area contributed by atoms with E-state index >= 15 is 0 Å². The second-order valence-corrected chi connectivity index (χ2v) is 19.2. The van der Waals surface area contributed by atoms with Crippen LogP contribution in [0.25, 0.3) is 139 Å². The van der Waals surface area contributed by atoms with E-state index in [0.717, 1.165) is 77.7 Å². The Bertz CT molecular complexity index is 4610. The van der Waals surface area contributed by atoms with Crippen LogP contribution in [0.4, 0.5) is 0 Å². The van der Waals surface area contributed by atoms with Crippen LogP contribution in [-0.2, 0) is 0 Å². The lowest BCUT2D eigenvalue weighted by atomic mass is 9.97. The average Bonchev–Trinajstić information content (AvgIpc) is 4.20. The van der Waals surface area contributed by atoms with Crippen molar-refractivity contribution in [3.63, 3.8) is 0 Å². The maximum absolute atomic E-state index is 5.24. The topological polar surface area (TPSA) is 53.5 Å². The third-order valence-electron chi connectivity index (χ3n) is 14.9. The maximum Gasteiger partial charge on any atom is 0.164 e. The first-order chi connectivity index (χ1) is 37.2. The summed E-state index contributed by atoms with van der Waals surface area (Å²) in [7, 11) is 0. The molecule has 0 saturated heterocycles. The lowest BCUT2D eigenvalue weighted by Crippen LogP contribution is -2.00. The number of para-hydroxylation sites is 4. The standard InChI is InChI=1S/C69H44N6/c1-6-20-45(21-7-1)67-70-68(46-22-8-2-9-23-46)72-69(71-67)56-32-19-35-63-66(56)58-43-48(38-41-61(58)74(63)51-26-12-4-13-27-51)47-37-40-60-57(42-47)54-39-36-49(44-64(54)75(60)52-28-14-5-15-29-52)53-31-18-34-62-65(53)55-30-16-17-33-59(55)73(62)50-24-10-3-11-25-50/h1-44H. The first-order valence-corrected chi connectivity index (χ1v) is 25.4. The number of hydrogen-bond acceptors (Lipinski definition) is 3. The molecule has 75 heavy (non-hydrogen) atoms. The Morgan fingerprint density at radius 2 is 0.627 bits per heavy atom. The summed E-state index contributed by atoms with van der Waals surface area (Å²) in [5.74, 6) is 1.89. The van der Waals surface area contributed by atoms with Gasteiger partial charge in [0, 0.05) is 66.1 Å². The van der Waals surface area contributed by atoms with Gasteiger partial charge in [-0.25, -0.2) is 15.0 Å². The van der Waals surface area contributed by atoms with Gasteiger partial charge in [0.1, 0.15) is 0 Å². The van der Waals surface area contributed by atoms with Gasteiger partial charge in [0.2, 0.25) is 0 Å². The van der Waals surface area contributed by atoms with E-state index in [1.165, 1.54) is 43.7 Å². The summed E-state index contributed by atoms with van der Waals surface area (Å²) < 4.78 is 7.18. The molecule has 0 spiro atoms. The zero-order valence-corrected chi connectivity index (χ0v) is 40.6. The number of hydrogen-bond donors (Lipinski definition) is 0. The van der Waals surface area contributed by atoms with Gasteiger partial charge in [-0.2, -0.15) is 0 Å². The summed E-state index contributed by atoms with van der Waals surface area (Å²) in [5, 5.41) is 7.06. The monoisotopic (exact) mass is 956 g/mol. The Morgan fingerprint density at radius 3 is 1.20 bits per heavy atom. The van der Waals surface area contributed by atoms with Crippen LogP contribution in [0.3, 0.4) is 0 Å². The molecule has 6 heteroatoms. The van der Waals surface area contributed by atoms with Gasteiger partial charge in [-0.3, -0.25) is 0 Å². The minimum Gasteiger partial charge on any atom is -0.309 e. The van der Waals surface area contributed by atoms with E-state index < -0.39 is 0 Å². The number of aromatic nitrogens is 6. The van der Waals surface area contributed by atoms with Gasteiger partial charge < -0.3 is 13.7 Å². The highest BCUT2D eigenvalue weighted by atomic mass is 15.0. The molecule has 0 atom stereocenters. The summed E-state index contributed by atoms with van der Waals surface area (Å²) in [6.45, 7) is 0. The molecule has 6 nitrogen and oxygen atoms in total. The number of rotatable bonds is 8. The summed E-state index contributed by atoms with van der Waals surface area (Å²) in [6, 6.07) is 95.4. The second-order valence-electron chi connectivity index (χ2n) is 19.2. The highest BCUT2D eigenvalue weighted by Gasteiger charge is 2.22. The van der Waals surface area contributed by atoms with E-state index in [9.17, 15) is 0 Å². The molecule has 4 heterocycles. The van der Waals surface area contributed by atoms with Gasteiger partial charge in [0.25, 0.3) is 0 Å². The Hall–Kier alpha value is -10.2. The average molecular weight is 957 g/mol. The zero-order valence-electron chi connectivity index (χ0n) is 40.6. The second kappa shape index (κ2) is 17.3. The van der Waals surface area contributed by atoms with Crippen LogP contribution in [0, 0.1) is 0 Å². The van der Waals surface area contributed by atoms with Crippen LogP contribution in [0.1, 0.15) is 0 Å². The molecular formula is C69H44N6. The van der Waals surface area contributed by atoms with E-state index in [0.29, 0.717) is 17.5 Å². The molecule has 4 aromatic heterocycles. The van der Waals surface area contributed by atoms with Gasteiger partial charge in [0.05, 0.1) is 33.1 Å². The smallest absolute Gasteiger partial charge is 0.164 e. The zero-order chi connectivity index (χ0) is 49.4. The summed E-state index contributed by atoms with van der Waals surface area (Å²) >= 11 is 0. The lowest BCUT2D eigenvalue weighted by Gasteiger charge is -2.11. The maximum atomic E-state index is 5.24. The molecule has 0 N–H and O–H groups in total. The van der Waals surface area contributed by atoms with E-state index in [1.807, 2.05) is 36.4 Å². The first kappa shape index (κ1) is 42.5. The molecule has 0 unspecified atom stereocenters.